The summed E-state index contributed by atoms with van der Waals surface area (Å²) in [5, 5.41) is 2.81. The number of thioether (sulfide) groups is 1. The van der Waals surface area contributed by atoms with Gasteiger partial charge >= 0.3 is 0 Å². The number of sulfonamides is 1. The van der Waals surface area contributed by atoms with Crippen LogP contribution >= 0.6 is 11.8 Å². The molecule has 31 heavy (non-hydrogen) atoms. The van der Waals surface area contributed by atoms with Gasteiger partial charge < -0.3 is 10.1 Å². The number of amides is 1. The fourth-order valence-corrected chi connectivity index (χ4v) is 4.69. The predicted octanol–water partition coefficient (Wildman–Crippen LogP) is 4.47. The molecule has 8 heteroatoms. The zero-order valence-electron chi connectivity index (χ0n) is 17.2. The quantitative estimate of drug-likeness (QED) is 0.464. The maximum absolute atomic E-state index is 12.6. The summed E-state index contributed by atoms with van der Waals surface area (Å²) in [6.07, 6.45) is 1.94. The lowest BCUT2D eigenvalue weighted by molar-refractivity contribution is -0.118. The Morgan fingerprint density at radius 2 is 1.61 bits per heavy atom. The van der Waals surface area contributed by atoms with Crippen molar-refractivity contribution in [3.8, 4) is 5.75 Å². The number of carbonyl (C=O) groups excluding carboxylic acids is 1. The topological polar surface area (TPSA) is 84.5 Å². The van der Waals surface area contributed by atoms with Crippen molar-refractivity contribution < 1.29 is 17.9 Å². The van der Waals surface area contributed by atoms with E-state index >= 15 is 0 Å². The molecule has 0 heterocycles. The monoisotopic (exact) mass is 456 g/mol. The summed E-state index contributed by atoms with van der Waals surface area (Å²) in [7, 11) is -3.69. The van der Waals surface area contributed by atoms with Crippen molar-refractivity contribution in [3.63, 3.8) is 0 Å². The minimum absolute atomic E-state index is 0.126. The van der Waals surface area contributed by atoms with Crippen LogP contribution in [0.25, 0.3) is 0 Å². The number of rotatable bonds is 9. The van der Waals surface area contributed by atoms with E-state index in [0.29, 0.717) is 5.75 Å². The van der Waals surface area contributed by atoms with Crippen molar-refractivity contribution in [2.24, 2.45) is 0 Å². The molecule has 0 fully saturated rings. The first-order chi connectivity index (χ1) is 14.9. The molecule has 0 aromatic heterocycles. The Hall–Kier alpha value is -2.81. The second-order valence-electron chi connectivity index (χ2n) is 6.76. The Labute approximate surface area is 187 Å². The van der Waals surface area contributed by atoms with Gasteiger partial charge in [-0.3, -0.25) is 4.79 Å². The Bertz CT molecular complexity index is 1120. The molecule has 0 saturated carbocycles. The SMILES string of the molecule is CSc1ccccc1NC(=O)COc1ccc(S(=O)(=O)NC(C)c2ccccc2)cc1. The first kappa shape index (κ1) is 22.9. The molecule has 162 valence electrons. The average Bonchev–Trinajstić information content (AvgIpc) is 2.78. The zero-order valence-corrected chi connectivity index (χ0v) is 18.9. The molecule has 0 spiro atoms. The van der Waals surface area contributed by atoms with Crippen LogP contribution in [0.1, 0.15) is 18.5 Å². The molecule has 1 amide bonds. The molecule has 0 bridgehead atoms. The predicted molar refractivity (Wildman–Crippen MR) is 124 cm³/mol. The number of hydrogen-bond acceptors (Lipinski definition) is 5. The second-order valence-corrected chi connectivity index (χ2v) is 9.32. The highest BCUT2D eigenvalue weighted by Gasteiger charge is 2.18. The van der Waals surface area contributed by atoms with Gasteiger partial charge in [0, 0.05) is 10.9 Å². The lowest BCUT2D eigenvalue weighted by Gasteiger charge is -2.15. The number of para-hydroxylation sites is 1. The van der Waals surface area contributed by atoms with E-state index in [-0.39, 0.29) is 23.5 Å². The molecule has 0 aliphatic rings. The highest BCUT2D eigenvalue weighted by atomic mass is 32.2. The summed E-state index contributed by atoms with van der Waals surface area (Å²) in [5.41, 5.74) is 1.60. The second kappa shape index (κ2) is 10.5. The van der Waals surface area contributed by atoms with Crippen molar-refractivity contribution in [1.82, 2.24) is 4.72 Å². The summed E-state index contributed by atoms with van der Waals surface area (Å²) >= 11 is 1.54. The molecular formula is C23H24N2O4S2. The van der Waals surface area contributed by atoms with Gasteiger partial charge in [0.05, 0.1) is 10.6 Å². The maximum Gasteiger partial charge on any atom is 0.262 e. The van der Waals surface area contributed by atoms with Crippen molar-refractivity contribution in [2.75, 3.05) is 18.2 Å². The van der Waals surface area contributed by atoms with Crippen LogP contribution < -0.4 is 14.8 Å². The number of hydrogen-bond donors (Lipinski definition) is 2. The highest BCUT2D eigenvalue weighted by molar-refractivity contribution is 7.98. The Morgan fingerprint density at radius 3 is 2.29 bits per heavy atom. The van der Waals surface area contributed by atoms with Gasteiger partial charge in [0.15, 0.2) is 6.61 Å². The third kappa shape index (κ3) is 6.33. The Kier molecular flexibility index (Phi) is 7.73. The summed E-state index contributed by atoms with van der Waals surface area (Å²) in [6, 6.07) is 22.5. The van der Waals surface area contributed by atoms with Crippen molar-refractivity contribution in [1.29, 1.82) is 0 Å². The van der Waals surface area contributed by atoms with Crippen LogP contribution in [0.2, 0.25) is 0 Å². The standard InChI is InChI=1S/C23H24N2O4S2/c1-17(18-8-4-3-5-9-18)25-31(27,28)20-14-12-19(13-15-20)29-16-23(26)24-21-10-6-7-11-22(21)30-2/h3-15,17,25H,16H2,1-2H3,(H,24,26). The number of anilines is 1. The van der Waals surface area contributed by atoms with Gasteiger partial charge in [0.25, 0.3) is 5.91 Å². The van der Waals surface area contributed by atoms with Crippen LogP contribution in [-0.4, -0.2) is 27.2 Å². The molecule has 0 radical (unpaired) electrons. The van der Waals surface area contributed by atoms with E-state index in [4.69, 9.17) is 4.74 Å². The number of carbonyl (C=O) groups is 1. The van der Waals surface area contributed by atoms with Crippen LogP contribution in [0.4, 0.5) is 5.69 Å². The summed E-state index contributed by atoms with van der Waals surface area (Å²) < 4.78 is 33.4. The van der Waals surface area contributed by atoms with E-state index in [9.17, 15) is 13.2 Å². The fourth-order valence-electron chi connectivity index (χ4n) is 2.91. The summed E-state index contributed by atoms with van der Waals surface area (Å²) in [4.78, 5) is 13.3. The minimum atomic E-state index is -3.69. The lowest BCUT2D eigenvalue weighted by atomic mass is 10.1. The Morgan fingerprint density at radius 1 is 0.968 bits per heavy atom. The molecule has 0 saturated heterocycles. The van der Waals surface area contributed by atoms with Gasteiger partial charge in [-0.2, -0.15) is 0 Å². The maximum atomic E-state index is 12.6. The van der Waals surface area contributed by atoms with E-state index in [1.165, 1.54) is 36.0 Å². The van der Waals surface area contributed by atoms with Crippen molar-refractivity contribution in [2.45, 2.75) is 22.8 Å². The van der Waals surface area contributed by atoms with Gasteiger partial charge in [-0.15, -0.1) is 11.8 Å². The van der Waals surface area contributed by atoms with Gasteiger partial charge in [0.1, 0.15) is 5.75 Å². The number of ether oxygens (including phenoxy) is 1. The van der Waals surface area contributed by atoms with Crippen LogP contribution in [-0.2, 0) is 14.8 Å². The third-order valence-corrected chi connectivity index (χ3v) is 6.87. The molecular weight excluding hydrogens is 432 g/mol. The first-order valence-electron chi connectivity index (χ1n) is 9.62. The van der Waals surface area contributed by atoms with Gasteiger partial charge in [-0.05, 0) is 55.1 Å². The Balaban J connectivity index is 1.57. The molecule has 1 unspecified atom stereocenters. The lowest BCUT2D eigenvalue weighted by Crippen LogP contribution is -2.26. The molecule has 3 aromatic carbocycles. The van der Waals surface area contributed by atoms with Crippen LogP contribution in [0.15, 0.2) is 88.7 Å². The number of nitrogens with one attached hydrogen (secondary N) is 2. The smallest absolute Gasteiger partial charge is 0.262 e. The van der Waals surface area contributed by atoms with E-state index < -0.39 is 10.0 Å². The van der Waals surface area contributed by atoms with E-state index in [2.05, 4.69) is 10.0 Å². The van der Waals surface area contributed by atoms with Gasteiger partial charge in [-0.1, -0.05) is 42.5 Å². The van der Waals surface area contributed by atoms with Gasteiger partial charge in [-0.25, -0.2) is 13.1 Å². The largest absolute Gasteiger partial charge is 0.484 e. The fraction of sp³-hybridized carbons (Fsp3) is 0.174. The molecule has 3 rings (SSSR count). The molecule has 6 nitrogen and oxygen atoms in total. The van der Waals surface area contributed by atoms with Crippen molar-refractivity contribution >= 4 is 33.4 Å². The molecule has 0 aliphatic carbocycles. The van der Waals surface area contributed by atoms with Crippen LogP contribution in [0.5, 0.6) is 5.75 Å². The molecule has 0 aliphatic heterocycles. The molecule has 2 N–H and O–H groups in total. The summed E-state index contributed by atoms with van der Waals surface area (Å²) in [6.45, 7) is 1.61. The number of benzene rings is 3. The van der Waals surface area contributed by atoms with Crippen LogP contribution in [0, 0.1) is 0 Å². The highest BCUT2D eigenvalue weighted by Crippen LogP contribution is 2.24. The van der Waals surface area contributed by atoms with Gasteiger partial charge in [0.2, 0.25) is 10.0 Å². The van der Waals surface area contributed by atoms with E-state index in [0.717, 1.165) is 16.1 Å². The minimum Gasteiger partial charge on any atom is -0.484 e. The van der Waals surface area contributed by atoms with E-state index in [1.54, 1.807) is 6.92 Å². The molecule has 3 aromatic rings. The first-order valence-corrected chi connectivity index (χ1v) is 12.3. The normalized spacial score (nSPS) is 12.2. The van der Waals surface area contributed by atoms with Crippen LogP contribution in [0.3, 0.4) is 0 Å². The average molecular weight is 457 g/mol. The third-order valence-electron chi connectivity index (χ3n) is 4.52. The summed E-state index contributed by atoms with van der Waals surface area (Å²) in [5.74, 6) is 0.111. The zero-order chi connectivity index (χ0) is 22.3. The van der Waals surface area contributed by atoms with E-state index in [1.807, 2.05) is 60.9 Å². The van der Waals surface area contributed by atoms with Crippen molar-refractivity contribution in [3.05, 3.63) is 84.4 Å². The molecule has 1 atom stereocenters.